The molecule has 0 spiro atoms. The summed E-state index contributed by atoms with van der Waals surface area (Å²) in [6.07, 6.45) is 4.50. The maximum atomic E-state index is 4.24. The van der Waals surface area contributed by atoms with Crippen LogP contribution in [0.15, 0.2) is 10.1 Å². The summed E-state index contributed by atoms with van der Waals surface area (Å²) in [7, 11) is 0. The Balaban J connectivity index is 1.76. The summed E-state index contributed by atoms with van der Waals surface area (Å²) >= 11 is 0. The highest BCUT2D eigenvalue weighted by molar-refractivity contribution is 5.82. The third-order valence-corrected chi connectivity index (χ3v) is 2.49. The Labute approximate surface area is 78.5 Å². The largest absolute Gasteiger partial charge is 0.351 e. The molecular formula is C9H16N4. The molecule has 0 radical (unpaired) electrons. The second kappa shape index (κ2) is 3.01. The predicted molar refractivity (Wildman–Crippen MR) is 53.9 cm³/mol. The van der Waals surface area contributed by atoms with Gasteiger partial charge in [0.05, 0.1) is 6.54 Å². The third-order valence-electron chi connectivity index (χ3n) is 2.49. The van der Waals surface area contributed by atoms with Crippen LogP contribution in [0.25, 0.3) is 0 Å². The van der Waals surface area contributed by atoms with Crippen molar-refractivity contribution in [1.29, 1.82) is 0 Å². The van der Waals surface area contributed by atoms with E-state index in [1.165, 1.54) is 12.8 Å². The van der Waals surface area contributed by atoms with E-state index in [9.17, 15) is 0 Å². The van der Waals surface area contributed by atoms with Crippen LogP contribution in [0.3, 0.4) is 0 Å². The molecule has 2 N–H and O–H groups in total. The summed E-state index contributed by atoms with van der Waals surface area (Å²) in [5, 5.41) is 7.34. The van der Waals surface area contributed by atoms with Gasteiger partial charge in [-0.05, 0) is 19.8 Å². The van der Waals surface area contributed by atoms with E-state index < -0.39 is 0 Å². The Morgan fingerprint density at radius 3 is 3.00 bits per heavy atom. The molecule has 4 nitrogen and oxygen atoms in total. The molecule has 0 aromatic rings. The molecule has 0 bridgehead atoms. The fourth-order valence-electron chi connectivity index (χ4n) is 1.20. The van der Waals surface area contributed by atoms with Gasteiger partial charge in [0.2, 0.25) is 5.96 Å². The highest BCUT2D eigenvalue weighted by atomic mass is 15.4. The van der Waals surface area contributed by atoms with Crippen molar-refractivity contribution in [1.82, 2.24) is 10.7 Å². The van der Waals surface area contributed by atoms with Gasteiger partial charge in [0.25, 0.3) is 0 Å². The summed E-state index contributed by atoms with van der Waals surface area (Å²) in [5.74, 6) is 0.799. The molecule has 0 saturated heterocycles. The van der Waals surface area contributed by atoms with Gasteiger partial charge >= 0.3 is 0 Å². The van der Waals surface area contributed by atoms with Crippen molar-refractivity contribution in [3.63, 3.8) is 0 Å². The van der Waals surface area contributed by atoms with Crippen LogP contribution in [0.1, 0.15) is 26.7 Å². The lowest BCUT2D eigenvalue weighted by atomic mass is 10.2. The third kappa shape index (κ3) is 2.20. The van der Waals surface area contributed by atoms with E-state index in [2.05, 4.69) is 34.7 Å². The Bertz CT molecular complexity index is 252. The molecule has 2 rings (SSSR count). The number of nitrogens with one attached hydrogen (secondary N) is 2. The Hall–Kier alpha value is -1.06. The summed E-state index contributed by atoms with van der Waals surface area (Å²) in [6.45, 7) is 5.16. The molecule has 4 heteroatoms. The molecule has 0 aromatic carbocycles. The quantitative estimate of drug-likeness (QED) is 0.485. The van der Waals surface area contributed by atoms with Crippen molar-refractivity contribution < 1.29 is 0 Å². The minimum atomic E-state index is 0.359. The first-order chi connectivity index (χ1) is 6.18. The summed E-state index contributed by atoms with van der Waals surface area (Å²) in [6, 6.07) is 0.439. The Kier molecular flexibility index (Phi) is 1.98. The maximum Gasteiger partial charge on any atom is 0.212 e. The van der Waals surface area contributed by atoms with Gasteiger partial charge in [-0.1, -0.05) is 6.92 Å². The molecule has 1 atom stereocenters. The molecule has 1 unspecified atom stereocenters. The van der Waals surface area contributed by atoms with E-state index in [1.54, 1.807) is 0 Å². The molecular weight excluding hydrogens is 164 g/mol. The molecule has 1 aliphatic heterocycles. The zero-order chi connectivity index (χ0) is 9.31. The van der Waals surface area contributed by atoms with Crippen LogP contribution >= 0.6 is 0 Å². The van der Waals surface area contributed by atoms with Gasteiger partial charge in [0.15, 0.2) is 0 Å². The van der Waals surface area contributed by atoms with Gasteiger partial charge in [-0.25, -0.2) is 10.4 Å². The zero-order valence-electron chi connectivity index (χ0n) is 8.17. The molecule has 1 saturated carbocycles. The fraction of sp³-hybridized carbons (Fsp3) is 0.778. The highest BCUT2D eigenvalue weighted by Crippen LogP contribution is 2.42. The number of guanidine groups is 1. The summed E-state index contributed by atoms with van der Waals surface area (Å²) in [4.78, 5) is 4.24. The van der Waals surface area contributed by atoms with Gasteiger partial charge in [-0.3, -0.25) is 0 Å². The first-order valence-electron chi connectivity index (χ1n) is 4.79. The monoisotopic (exact) mass is 180 g/mol. The van der Waals surface area contributed by atoms with Crippen LogP contribution in [0, 0.1) is 5.41 Å². The highest BCUT2D eigenvalue weighted by Gasteiger charge is 2.35. The lowest BCUT2D eigenvalue weighted by molar-refractivity contribution is 0.715. The summed E-state index contributed by atoms with van der Waals surface area (Å²) < 4.78 is 0. The average molecular weight is 180 g/mol. The van der Waals surface area contributed by atoms with Crippen molar-refractivity contribution in [3.05, 3.63) is 0 Å². The second-order valence-corrected chi connectivity index (χ2v) is 4.26. The van der Waals surface area contributed by atoms with Gasteiger partial charge < -0.3 is 5.32 Å². The normalized spacial score (nSPS) is 30.0. The maximum absolute atomic E-state index is 4.24. The van der Waals surface area contributed by atoms with Crippen molar-refractivity contribution in [2.24, 2.45) is 15.5 Å². The average Bonchev–Trinajstić information content (AvgIpc) is 2.65. The van der Waals surface area contributed by atoms with Crippen LogP contribution < -0.4 is 10.7 Å². The number of hydrazone groups is 1. The molecule has 0 aromatic heterocycles. The molecule has 1 aliphatic carbocycles. The van der Waals surface area contributed by atoms with E-state index in [1.807, 2.05) is 6.21 Å². The molecule has 1 heterocycles. The van der Waals surface area contributed by atoms with Crippen LogP contribution in [-0.2, 0) is 0 Å². The van der Waals surface area contributed by atoms with Gasteiger partial charge in [-0.15, -0.1) is 0 Å². The Morgan fingerprint density at radius 1 is 1.69 bits per heavy atom. The second-order valence-electron chi connectivity index (χ2n) is 4.26. The van der Waals surface area contributed by atoms with Gasteiger partial charge in [-0.2, -0.15) is 5.10 Å². The number of hydrogen-bond acceptors (Lipinski definition) is 4. The zero-order valence-corrected chi connectivity index (χ0v) is 8.17. The van der Waals surface area contributed by atoms with Gasteiger partial charge in [0, 0.05) is 17.7 Å². The molecule has 0 amide bonds. The molecule has 1 fully saturated rings. The lowest BCUT2D eigenvalue weighted by Gasteiger charge is -2.04. The Morgan fingerprint density at radius 2 is 2.46 bits per heavy atom. The standard InChI is InChI=1S/C9H16N4/c1-7-5-10-8(12-7)13-11-6-9(2)3-4-9/h6-7H,3-5H2,1-2H3,(H2,10,12,13)/b11-6+. The number of aliphatic imine (C=N–C) groups is 1. The van der Waals surface area contributed by atoms with E-state index in [0.717, 1.165) is 12.5 Å². The number of nitrogens with zero attached hydrogens (tertiary/aromatic N) is 2. The van der Waals surface area contributed by atoms with Crippen LogP contribution in [0.5, 0.6) is 0 Å². The molecule has 72 valence electrons. The van der Waals surface area contributed by atoms with Gasteiger partial charge in [0.1, 0.15) is 0 Å². The van der Waals surface area contributed by atoms with E-state index >= 15 is 0 Å². The topological polar surface area (TPSA) is 48.8 Å². The predicted octanol–water partition coefficient (Wildman–Crippen LogP) is 0.710. The van der Waals surface area contributed by atoms with Crippen molar-refractivity contribution in [2.45, 2.75) is 32.7 Å². The number of rotatable bonds is 2. The lowest BCUT2D eigenvalue weighted by Crippen LogP contribution is -2.35. The molecule has 2 aliphatic rings. The smallest absolute Gasteiger partial charge is 0.212 e. The fourth-order valence-corrected chi connectivity index (χ4v) is 1.20. The number of hydrogen-bond donors (Lipinski definition) is 2. The van der Waals surface area contributed by atoms with E-state index in [-0.39, 0.29) is 0 Å². The first-order valence-corrected chi connectivity index (χ1v) is 4.79. The minimum Gasteiger partial charge on any atom is -0.351 e. The van der Waals surface area contributed by atoms with Crippen molar-refractivity contribution in [2.75, 3.05) is 6.54 Å². The first kappa shape index (κ1) is 8.53. The van der Waals surface area contributed by atoms with Crippen LogP contribution in [0.4, 0.5) is 0 Å². The van der Waals surface area contributed by atoms with Crippen molar-refractivity contribution >= 4 is 12.2 Å². The van der Waals surface area contributed by atoms with E-state index in [0.29, 0.717) is 11.5 Å². The van der Waals surface area contributed by atoms with Crippen LogP contribution in [0.2, 0.25) is 0 Å². The van der Waals surface area contributed by atoms with E-state index in [4.69, 9.17) is 0 Å². The molecule has 13 heavy (non-hydrogen) atoms. The van der Waals surface area contributed by atoms with Crippen molar-refractivity contribution in [3.8, 4) is 0 Å². The summed E-state index contributed by atoms with van der Waals surface area (Å²) in [5.41, 5.74) is 3.28. The van der Waals surface area contributed by atoms with Crippen LogP contribution in [-0.4, -0.2) is 24.8 Å². The SMILES string of the molecule is CC1CN=C(N/N=C/C2(C)CC2)N1. The minimum absolute atomic E-state index is 0.359.